The molecule has 2 rings (SSSR count). The average Bonchev–Trinajstić information content (AvgIpc) is 2.41. The molecule has 1 unspecified atom stereocenters. The molecule has 1 saturated heterocycles. The molecule has 2 N–H and O–H groups in total. The van der Waals surface area contributed by atoms with Crippen molar-refractivity contribution in [3.63, 3.8) is 0 Å². The highest BCUT2D eigenvalue weighted by atomic mass is 32.2. The Labute approximate surface area is 118 Å². The molecule has 1 fully saturated rings. The average molecular weight is 302 g/mol. The SMILES string of the molecule is Cc1c(F)cc(CN)cc1S(=O)(=O)N1CCOCC1C. The van der Waals surface area contributed by atoms with Crippen molar-refractivity contribution >= 4 is 10.0 Å². The molecule has 0 bridgehead atoms. The van der Waals surface area contributed by atoms with Gasteiger partial charge in [0.15, 0.2) is 0 Å². The summed E-state index contributed by atoms with van der Waals surface area (Å²) in [6.45, 7) is 4.30. The van der Waals surface area contributed by atoms with Gasteiger partial charge in [0.05, 0.1) is 18.1 Å². The molecule has 7 heteroatoms. The van der Waals surface area contributed by atoms with Crippen molar-refractivity contribution in [1.82, 2.24) is 4.31 Å². The van der Waals surface area contributed by atoms with Gasteiger partial charge in [0.2, 0.25) is 10.0 Å². The summed E-state index contributed by atoms with van der Waals surface area (Å²) in [5.41, 5.74) is 6.08. The summed E-state index contributed by atoms with van der Waals surface area (Å²) in [5.74, 6) is -0.549. The lowest BCUT2D eigenvalue weighted by atomic mass is 10.1. The highest BCUT2D eigenvalue weighted by Crippen LogP contribution is 2.26. The largest absolute Gasteiger partial charge is 0.378 e. The summed E-state index contributed by atoms with van der Waals surface area (Å²) in [5, 5.41) is 0. The summed E-state index contributed by atoms with van der Waals surface area (Å²) >= 11 is 0. The van der Waals surface area contributed by atoms with Gasteiger partial charge in [-0.1, -0.05) is 0 Å². The number of sulfonamides is 1. The maximum atomic E-state index is 13.9. The third-order valence-electron chi connectivity index (χ3n) is 3.49. The Morgan fingerprint density at radius 3 is 2.80 bits per heavy atom. The van der Waals surface area contributed by atoms with E-state index in [2.05, 4.69) is 0 Å². The van der Waals surface area contributed by atoms with Gasteiger partial charge in [-0.3, -0.25) is 0 Å². The second kappa shape index (κ2) is 5.77. The normalized spacial score (nSPS) is 21.1. The Morgan fingerprint density at radius 1 is 1.50 bits per heavy atom. The molecule has 112 valence electrons. The number of benzene rings is 1. The number of nitrogens with two attached hydrogens (primary N) is 1. The molecule has 1 aliphatic heterocycles. The molecule has 1 aromatic rings. The monoisotopic (exact) mass is 302 g/mol. The van der Waals surface area contributed by atoms with Crippen LogP contribution in [0.3, 0.4) is 0 Å². The molecule has 5 nitrogen and oxygen atoms in total. The van der Waals surface area contributed by atoms with E-state index in [0.717, 1.165) is 0 Å². The topological polar surface area (TPSA) is 72.6 Å². The number of morpholine rings is 1. The fraction of sp³-hybridized carbons (Fsp3) is 0.538. The molecule has 20 heavy (non-hydrogen) atoms. The van der Waals surface area contributed by atoms with Crippen LogP contribution in [0.4, 0.5) is 4.39 Å². The highest BCUT2D eigenvalue weighted by molar-refractivity contribution is 7.89. The van der Waals surface area contributed by atoms with Crippen LogP contribution in [0.15, 0.2) is 17.0 Å². The minimum absolute atomic E-state index is 0.00769. The molecule has 1 aromatic carbocycles. The second-order valence-electron chi connectivity index (χ2n) is 4.94. The first-order valence-electron chi connectivity index (χ1n) is 6.46. The fourth-order valence-electron chi connectivity index (χ4n) is 2.29. The Morgan fingerprint density at radius 2 is 2.20 bits per heavy atom. The second-order valence-corrected chi connectivity index (χ2v) is 6.80. The van der Waals surface area contributed by atoms with Crippen LogP contribution in [0, 0.1) is 12.7 Å². The van der Waals surface area contributed by atoms with Gasteiger partial charge in [-0.15, -0.1) is 0 Å². The first-order valence-corrected chi connectivity index (χ1v) is 7.90. The van der Waals surface area contributed by atoms with Gasteiger partial charge < -0.3 is 10.5 Å². The Bertz CT molecular complexity index is 604. The van der Waals surface area contributed by atoms with Crippen LogP contribution in [-0.4, -0.2) is 38.5 Å². The summed E-state index contributed by atoms with van der Waals surface area (Å²) < 4.78 is 45.9. The molecule has 1 aliphatic rings. The van der Waals surface area contributed by atoms with Crippen LogP contribution >= 0.6 is 0 Å². The van der Waals surface area contributed by atoms with Crippen molar-refractivity contribution in [3.8, 4) is 0 Å². The molecule has 1 heterocycles. The number of ether oxygens (including phenoxy) is 1. The molecule has 0 aromatic heterocycles. The lowest BCUT2D eigenvalue weighted by molar-refractivity contribution is 0.0392. The Kier molecular flexibility index (Phi) is 4.43. The van der Waals surface area contributed by atoms with Crippen LogP contribution in [0.2, 0.25) is 0 Å². The molecular weight excluding hydrogens is 283 g/mol. The van der Waals surface area contributed by atoms with E-state index in [-0.39, 0.29) is 29.6 Å². The number of hydrogen-bond donors (Lipinski definition) is 1. The van der Waals surface area contributed by atoms with Gasteiger partial charge in [0.25, 0.3) is 0 Å². The van der Waals surface area contributed by atoms with Gasteiger partial charge in [-0.2, -0.15) is 4.31 Å². The zero-order chi connectivity index (χ0) is 14.9. The molecular formula is C13H19FN2O3S. The van der Waals surface area contributed by atoms with Crippen molar-refractivity contribution in [2.45, 2.75) is 31.3 Å². The predicted molar refractivity (Wildman–Crippen MR) is 73.2 cm³/mol. The van der Waals surface area contributed by atoms with E-state index < -0.39 is 15.8 Å². The standard InChI is InChI=1S/C13H19FN2O3S/c1-9-8-19-4-3-16(9)20(17,18)13-6-11(7-15)5-12(14)10(13)2/h5-6,9H,3-4,7-8,15H2,1-2H3. The van der Waals surface area contributed by atoms with Crippen molar-refractivity contribution in [2.24, 2.45) is 5.73 Å². The van der Waals surface area contributed by atoms with E-state index in [1.54, 1.807) is 6.92 Å². The zero-order valence-corrected chi connectivity index (χ0v) is 12.4. The highest BCUT2D eigenvalue weighted by Gasteiger charge is 2.33. The maximum absolute atomic E-state index is 13.9. The lowest BCUT2D eigenvalue weighted by Crippen LogP contribution is -2.47. The van der Waals surface area contributed by atoms with Gasteiger partial charge in [0.1, 0.15) is 5.82 Å². The number of halogens is 1. The third kappa shape index (κ3) is 2.71. The van der Waals surface area contributed by atoms with E-state index in [4.69, 9.17) is 10.5 Å². The van der Waals surface area contributed by atoms with Crippen LogP contribution in [0.25, 0.3) is 0 Å². The van der Waals surface area contributed by atoms with Crippen molar-refractivity contribution in [2.75, 3.05) is 19.8 Å². The molecule has 0 saturated carbocycles. The Balaban J connectivity index is 2.51. The Hall–Kier alpha value is -1.02. The van der Waals surface area contributed by atoms with E-state index in [0.29, 0.717) is 18.8 Å². The van der Waals surface area contributed by atoms with Gasteiger partial charge in [-0.25, -0.2) is 12.8 Å². The first kappa shape index (κ1) is 15.4. The third-order valence-corrected chi connectivity index (χ3v) is 5.63. The van der Waals surface area contributed by atoms with E-state index >= 15 is 0 Å². The zero-order valence-electron chi connectivity index (χ0n) is 11.6. The summed E-state index contributed by atoms with van der Waals surface area (Å²) in [6, 6.07) is 2.46. The van der Waals surface area contributed by atoms with Gasteiger partial charge in [0, 0.05) is 24.7 Å². The first-order chi connectivity index (χ1) is 9.37. The van der Waals surface area contributed by atoms with Crippen molar-refractivity contribution < 1.29 is 17.5 Å². The quantitative estimate of drug-likeness (QED) is 0.904. The van der Waals surface area contributed by atoms with E-state index in [1.807, 2.05) is 0 Å². The van der Waals surface area contributed by atoms with E-state index in [9.17, 15) is 12.8 Å². The predicted octanol–water partition coefficient (Wildman–Crippen LogP) is 1.00. The number of hydrogen-bond acceptors (Lipinski definition) is 4. The molecule has 0 spiro atoms. The van der Waals surface area contributed by atoms with Gasteiger partial charge in [-0.05, 0) is 31.5 Å². The molecule has 0 aliphatic carbocycles. The summed E-state index contributed by atoms with van der Waals surface area (Å²) in [4.78, 5) is -0.00769. The van der Waals surface area contributed by atoms with E-state index in [1.165, 1.54) is 23.4 Å². The minimum atomic E-state index is -3.74. The lowest BCUT2D eigenvalue weighted by Gasteiger charge is -2.32. The number of nitrogens with zero attached hydrogens (tertiary/aromatic N) is 1. The van der Waals surface area contributed by atoms with Crippen LogP contribution in [-0.2, 0) is 21.3 Å². The van der Waals surface area contributed by atoms with Crippen molar-refractivity contribution in [1.29, 1.82) is 0 Å². The summed E-state index contributed by atoms with van der Waals surface area (Å²) in [7, 11) is -3.74. The summed E-state index contributed by atoms with van der Waals surface area (Å²) in [6.07, 6.45) is 0. The molecule has 0 amide bonds. The molecule has 0 radical (unpaired) electrons. The minimum Gasteiger partial charge on any atom is -0.378 e. The van der Waals surface area contributed by atoms with Crippen LogP contribution in [0.1, 0.15) is 18.1 Å². The smallest absolute Gasteiger partial charge is 0.243 e. The van der Waals surface area contributed by atoms with Crippen LogP contribution < -0.4 is 5.73 Å². The molecule has 1 atom stereocenters. The maximum Gasteiger partial charge on any atom is 0.243 e. The van der Waals surface area contributed by atoms with Crippen LogP contribution in [0.5, 0.6) is 0 Å². The number of rotatable bonds is 3. The fourth-order valence-corrected chi connectivity index (χ4v) is 4.18. The van der Waals surface area contributed by atoms with Crippen molar-refractivity contribution in [3.05, 3.63) is 29.1 Å². The van der Waals surface area contributed by atoms with Gasteiger partial charge >= 0.3 is 0 Å².